The number of aliphatic hydroxyl groups excluding tert-OH is 1. The summed E-state index contributed by atoms with van der Waals surface area (Å²) in [6, 6.07) is 0.686. The van der Waals surface area contributed by atoms with Gasteiger partial charge in [-0.3, -0.25) is 0 Å². The third kappa shape index (κ3) is 2.92. The smallest absolute Gasteiger partial charge is 0.244 e. The third-order valence-electron chi connectivity index (χ3n) is 2.71. The van der Waals surface area contributed by atoms with Gasteiger partial charge < -0.3 is 13.9 Å². The second-order valence-electron chi connectivity index (χ2n) is 4.44. The van der Waals surface area contributed by atoms with Gasteiger partial charge in [0.05, 0.1) is 12.2 Å². The molecule has 0 aromatic carbocycles. The Morgan fingerprint density at radius 1 is 1.40 bits per heavy atom. The highest BCUT2D eigenvalue weighted by Crippen LogP contribution is 2.22. The summed E-state index contributed by atoms with van der Waals surface area (Å²) in [5.74, 6) is 1.31. The molecule has 8 heteroatoms. The van der Waals surface area contributed by atoms with Crippen molar-refractivity contribution in [1.29, 1.82) is 0 Å². The van der Waals surface area contributed by atoms with Crippen molar-refractivity contribution in [2.24, 2.45) is 0 Å². The maximum Gasteiger partial charge on any atom is 0.244 e. The van der Waals surface area contributed by atoms with Gasteiger partial charge in [-0.25, -0.2) is 13.4 Å². The topological polar surface area (TPSA) is 106 Å². The van der Waals surface area contributed by atoms with Gasteiger partial charge in [0.25, 0.3) is 0 Å². The van der Waals surface area contributed by atoms with Gasteiger partial charge in [-0.05, 0) is 20.8 Å². The summed E-state index contributed by atoms with van der Waals surface area (Å²) in [6.07, 6.45) is 1.52. The molecule has 0 fully saturated rings. The molecule has 20 heavy (non-hydrogen) atoms. The maximum atomic E-state index is 12.3. The quantitative estimate of drug-likeness (QED) is 0.865. The van der Waals surface area contributed by atoms with Crippen LogP contribution in [0.4, 0.5) is 0 Å². The molecule has 1 atom stereocenters. The molecule has 0 spiro atoms. The zero-order chi connectivity index (χ0) is 14.9. The summed E-state index contributed by atoms with van der Waals surface area (Å²) in [5.41, 5.74) is 0. The fourth-order valence-corrected chi connectivity index (χ4v) is 3.19. The number of hydrogen-bond donors (Lipinski definition) is 2. The van der Waals surface area contributed by atoms with Gasteiger partial charge in [0.15, 0.2) is 0 Å². The van der Waals surface area contributed by atoms with E-state index in [1.165, 1.54) is 19.2 Å². The number of aliphatic hydroxyl groups is 1. The lowest BCUT2D eigenvalue weighted by molar-refractivity contribution is 0.244. The Hall–Kier alpha value is -1.64. The lowest BCUT2D eigenvalue weighted by atomic mass is 10.4. The van der Waals surface area contributed by atoms with E-state index in [1.54, 1.807) is 13.8 Å². The first-order chi connectivity index (χ1) is 9.33. The number of furan rings is 1. The first-order valence-electron chi connectivity index (χ1n) is 5.98. The van der Waals surface area contributed by atoms with Crippen LogP contribution in [0.3, 0.4) is 0 Å². The molecule has 1 unspecified atom stereocenters. The first kappa shape index (κ1) is 14.8. The predicted molar refractivity (Wildman–Crippen MR) is 69.3 cm³/mol. The Balaban J connectivity index is 2.24. The average molecular weight is 300 g/mol. The van der Waals surface area contributed by atoms with Gasteiger partial charge in [-0.1, -0.05) is 0 Å². The van der Waals surface area contributed by atoms with E-state index in [1.807, 2.05) is 0 Å². The molecule has 2 heterocycles. The van der Waals surface area contributed by atoms with Crippen LogP contribution in [-0.4, -0.2) is 18.5 Å². The Morgan fingerprint density at radius 2 is 2.10 bits per heavy atom. The average Bonchev–Trinajstić information content (AvgIpc) is 2.95. The van der Waals surface area contributed by atoms with Crippen LogP contribution in [0.1, 0.15) is 36.1 Å². The molecule has 0 aliphatic rings. The van der Waals surface area contributed by atoms with Gasteiger partial charge in [0.1, 0.15) is 28.8 Å². The Morgan fingerprint density at radius 3 is 2.60 bits per heavy atom. The minimum Gasteiger partial charge on any atom is -0.462 e. The standard InChI is InChI=1S/C12H16N2O5S/c1-7-5-13-12(18-7)8(2)14-20(16,17)11-4-10(6-15)19-9(11)3/h4-5,8,14-15H,6H2,1-3H3. The lowest BCUT2D eigenvalue weighted by Gasteiger charge is -2.10. The minimum atomic E-state index is -3.77. The van der Waals surface area contributed by atoms with Crippen LogP contribution >= 0.6 is 0 Å². The zero-order valence-electron chi connectivity index (χ0n) is 11.4. The first-order valence-corrected chi connectivity index (χ1v) is 7.46. The normalized spacial score (nSPS) is 13.6. The molecule has 2 N–H and O–H groups in total. The Labute approximate surface area is 116 Å². The van der Waals surface area contributed by atoms with Crippen molar-refractivity contribution in [2.45, 2.75) is 38.3 Å². The fraction of sp³-hybridized carbons (Fsp3) is 0.417. The van der Waals surface area contributed by atoms with E-state index in [0.29, 0.717) is 5.76 Å². The number of aromatic nitrogens is 1. The van der Waals surface area contributed by atoms with E-state index in [9.17, 15) is 8.42 Å². The molecule has 0 bridgehead atoms. The summed E-state index contributed by atoms with van der Waals surface area (Å²) in [7, 11) is -3.77. The third-order valence-corrected chi connectivity index (χ3v) is 4.36. The lowest BCUT2D eigenvalue weighted by Crippen LogP contribution is -2.27. The van der Waals surface area contributed by atoms with Crippen LogP contribution in [0, 0.1) is 13.8 Å². The molecular weight excluding hydrogens is 284 g/mol. The number of sulfonamides is 1. The number of aryl methyl sites for hydroxylation is 2. The van der Waals surface area contributed by atoms with Crippen LogP contribution in [0.2, 0.25) is 0 Å². The fourth-order valence-electron chi connectivity index (χ4n) is 1.79. The molecule has 0 amide bonds. The highest BCUT2D eigenvalue weighted by Gasteiger charge is 2.25. The molecule has 2 aromatic rings. The van der Waals surface area contributed by atoms with Crippen LogP contribution in [0.15, 0.2) is 26.0 Å². The van der Waals surface area contributed by atoms with Gasteiger partial charge in [0.2, 0.25) is 15.9 Å². The number of oxazole rings is 1. The Kier molecular flexibility index (Phi) is 3.98. The SMILES string of the molecule is Cc1cnc(C(C)NS(=O)(=O)c2cc(CO)oc2C)o1. The van der Waals surface area contributed by atoms with Crippen molar-refractivity contribution in [2.75, 3.05) is 0 Å². The second kappa shape index (κ2) is 5.39. The van der Waals surface area contributed by atoms with E-state index in [2.05, 4.69) is 9.71 Å². The molecule has 0 saturated heterocycles. The molecule has 110 valence electrons. The van der Waals surface area contributed by atoms with E-state index >= 15 is 0 Å². The molecule has 0 aliphatic carbocycles. The predicted octanol–water partition coefficient (Wildman–Crippen LogP) is 1.42. The van der Waals surface area contributed by atoms with Crippen LogP contribution in [0.5, 0.6) is 0 Å². The van der Waals surface area contributed by atoms with E-state index in [4.69, 9.17) is 13.9 Å². The number of hydrogen-bond acceptors (Lipinski definition) is 6. The summed E-state index contributed by atoms with van der Waals surface area (Å²) < 4.78 is 37.4. The monoisotopic (exact) mass is 300 g/mol. The molecular formula is C12H16N2O5S. The summed E-state index contributed by atoms with van der Waals surface area (Å²) in [4.78, 5) is 3.98. The van der Waals surface area contributed by atoms with Crippen molar-refractivity contribution in [3.05, 3.63) is 35.4 Å². The molecule has 0 aliphatic heterocycles. The highest BCUT2D eigenvalue weighted by molar-refractivity contribution is 7.89. The molecule has 2 aromatic heterocycles. The highest BCUT2D eigenvalue weighted by atomic mass is 32.2. The van der Waals surface area contributed by atoms with Crippen LogP contribution < -0.4 is 4.72 Å². The van der Waals surface area contributed by atoms with Crippen molar-refractivity contribution in [3.8, 4) is 0 Å². The van der Waals surface area contributed by atoms with Crippen molar-refractivity contribution < 1.29 is 22.4 Å². The minimum absolute atomic E-state index is 0.00308. The maximum absolute atomic E-state index is 12.3. The molecule has 0 saturated carbocycles. The van der Waals surface area contributed by atoms with Crippen LogP contribution in [-0.2, 0) is 16.6 Å². The number of nitrogens with one attached hydrogen (secondary N) is 1. The van der Waals surface area contributed by atoms with E-state index < -0.39 is 16.1 Å². The van der Waals surface area contributed by atoms with Gasteiger partial charge in [-0.15, -0.1) is 0 Å². The number of rotatable bonds is 5. The van der Waals surface area contributed by atoms with Gasteiger partial charge in [-0.2, -0.15) is 4.72 Å². The van der Waals surface area contributed by atoms with E-state index in [-0.39, 0.29) is 28.9 Å². The van der Waals surface area contributed by atoms with Gasteiger partial charge in [0, 0.05) is 6.07 Å². The summed E-state index contributed by atoms with van der Waals surface area (Å²) in [5, 5.41) is 8.97. The largest absolute Gasteiger partial charge is 0.462 e. The molecule has 0 radical (unpaired) electrons. The van der Waals surface area contributed by atoms with Gasteiger partial charge >= 0.3 is 0 Å². The zero-order valence-corrected chi connectivity index (χ0v) is 12.2. The number of nitrogens with zero attached hydrogens (tertiary/aromatic N) is 1. The van der Waals surface area contributed by atoms with Crippen molar-refractivity contribution in [3.63, 3.8) is 0 Å². The van der Waals surface area contributed by atoms with Crippen molar-refractivity contribution >= 4 is 10.0 Å². The second-order valence-corrected chi connectivity index (χ2v) is 6.13. The molecule has 2 rings (SSSR count). The van der Waals surface area contributed by atoms with Crippen molar-refractivity contribution in [1.82, 2.24) is 9.71 Å². The Bertz CT molecular complexity index is 701. The van der Waals surface area contributed by atoms with E-state index in [0.717, 1.165) is 0 Å². The molecule has 7 nitrogen and oxygen atoms in total. The summed E-state index contributed by atoms with van der Waals surface area (Å²) >= 11 is 0. The van der Waals surface area contributed by atoms with Crippen LogP contribution in [0.25, 0.3) is 0 Å². The summed E-state index contributed by atoms with van der Waals surface area (Å²) in [6.45, 7) is 4.52.